The predicted octanol–water partition coefficient (Wildman–Crippen LogP) is 4.19. The third kappa shape index (κ3) is 2.89. The lowest BCUT2D eigenvalue weighted by atomic mass is 9.84. The Morgan fingerprint density at radius 3 is 2.46 bits per heavy atom. The van der Waals surface area contributed by atoms with E-state index in [9.17, 15) is 4.79 Å². The first-order valence-corrected chi connectivity index (χ1v) is 9.13. The molecule has 0 saturated heterocycles. The Morgan fingerprint density at radius 1 is 1.07 bits per heavy atom. The van der Waals surface area contributed by atoms with Crippen LogP contribution in [0.15, 0.2) is 77.1 Å². The van der Waals surface area contributed by atoms with Gasteiger partial charge in [-0.15, -0.1) is 0 Å². The summed E-state index contributed by atoms with van der Waals surface area (Å²) in [6.45, 7) is 4.36. The van der Waals surface area contributed by atoms with Gasteiger partial charge in [-0.3, -0.25) is 0 Å². The first-order chi connectivity index (χ1) is 13.4. The number of cyclic esters (lactones) is 1. The average Bonchev–Trinajstić information content (AvgIpc) is 3.16. The largest absolute Gasteiger partial charge is 0.497 e. The summed E-state index contributed by atoms with van der Waals surface area (Å²) < 4.78 is 10.5. The highest BCUT2D eigenvalue weighted by atomic mass is 16.6. The van der Waals surface area contributed by atoms with E-state index in [2.05, 4.69) is 41.9 Å². The third-order valence-corrected chi connectivity index (χ3v) is 5.30. The van der Waals surface area contributed by atoms with Crippen molar-refractivity contribution in [2.75, 3.05) is 19.1 Å². The van der Waals surface area contributed by atoms with E-state index in [1.807, 2.05) is 43.5 Å². The molecule has 0 aliphatic carbocycles. The van der Waals surface area contributed by atoms with Crippen LogP contribution in [0.4, 0.5) is 5.69 Å². The summed E-state index contributed by atoms with van der Waals surface area (Å²) in [5, 5.41) is 0. The lowest BCUT2D eigenvalue weighted by molar-refractivity contribution is -0.130. The number of esters is 1. The van der Waals surface area contributed by atoms with Gasteiger partial charge in [0.05, 0.1) is 7.11 Å². The Balaban J connectivity index is 1.65. The molecule has 142 valence electrons. The zero-order valence-electron chi connectivity index (χ0n) is 16.4. The number of carbonyl (C=O) groups excluding carboxylic acids is 1. The minimum atomic E-state index is -0.446. The maximum Gasteiger partial charge on any atom is 0.363 e. The van der Waals surface area contributed by atoms with Gasteiger partial charge in [0, 0.05) is 29.4 Å². The molecule has 0 bridgehead atoms. The number of rotatable bonds is 3. The highest BCUT2D eigenvalue weighted by Crippen LogP contribution is 2.46. The summed E-state index contributed by atoms with van der Waals surface area (Å²) in [7, 11) is 3.65. The van der Waals surface area contributed by atoms with Crippen LogP contribution in [0.25, 0.3) is 0 Å². The van der Waals surface area contributed by atoms with E-state index >= 15 is 0 Å². The smallest absolute Gasteiger partial charge is 0.363 e. The number of hydrogen-bond acceptors (Lipinski definition) is 5. The molecule has 28 heavy (non-hydrogen) atoms. The zero-order chi connectivity index (χ0) is 19.9. The van der Waals surface area contributed by atoms with Crippen LogP contribution in [0.1, 0.15) is 25.0 Å². The van der Waals surface area contributed by atoms with Crippen molar-refractivity contribution in [2.45, 2.75) is 19.3 Å². The number of likely N-dealkylation sites (N-methyl/N-ethyl adjacent to an activating group) is 1. The van der Waals surface area contributed by atoms with Crippen molar-refractivity contribution in [2.24, 2.45) is 4.99 Å². The number of carbonyl (C=O) groups is 1. The summed E-state index contributed by atoms with van der Waals surface area (Å²) in [4.78, 5) is 18.8. The molecule has 0 aromatic heterocycles. The molecule has 2 aliphatic rings. The van der Waals surface area contributed by atoms with Gasteiger partial charge in [0.2, 0.25) is 5.90 Å². The third-order valence-electron chi connectivity index (χ3n) is 5.30. The molecule has 0 radical (unpaired) electrons. The molecule has 0 amide bonds. The Kier molecular flexibility index (Phi) is 4.30. The molecule has 0 unspecified atom stereocenters. The summed E-state index contributed by atoms with van der Waals surface area (Å²) in [5.41, 5.74) is 4.40. The number of allylic oxidation sites excluding steroid dienone is 3. The fourth-order valence-electron chi connectivity index (χ4n) is 3.74. The van der Waals surface area contributed by atoms with Crippen LogP contribution in [0.3, 0.4) is 0 Å². The molecule has 2 aromatic carbocycles. The number of benzene rings is 2. The highest BCUT2D eigenvalue weighted by molar-refractivity contribution is 6.11. The number of ether oxygens (including phenoxy) is 2. The molecule has 0 saturated carbocycles. The van der Waals surface area contributed by atoms with Gasteiger partial charge < -0.3 is 14.4 Å². The summed E-state index contributed by atoms with van der Waals surface area (Å²) in [6.07, 6.45) is 3.69. The van der Waals surface area contributed by atoms with Crippen molar-refractivity contribution in [3.8, 4) is 5.75 Å². The maximum absolute atomic E-state index is 12.3. The zero-order valence-corrected chi connectivity index (χ0v) is 16.4. The van der Waals surface area contributed by atoms with Crippen LogP contribution in [0.5, 0.6) is 5.75 Å². The molecule has 2 aliphatic heterocycles. The molecule has 0 fully saturated rings. The number of aliphatic imine (C=N–C) groups is 1. The number of hydrogen-bond donors (Lipinski definition) is 0. The van der Waals surface area contributed by atoms with Crippen molar-refractivity contribution in [1.29, 1.82) is 0 Å². The van der Waals surface area contributed by atoms with Crippen molar-refractivity contribution in [1.82, 2.24) is 0 Å². The van der Waals surface area contributed by atoms with Gasteiger partial charge in [0.15, 0.2) is 5.70 Å². The SMILES string of the molecule is COc1ccc(C2=N/C(=C/C=C3\N(C)c4ccccc4C3(C)C)C(=O)O2)cc1. The quantitative estimate of drug-likeness (QED) is 0.597. The normalized spacial score (nSPS) is 20.4. The standard InChI is InChI=1S/C23H22N2O3/c1-23(2)17-7-5-6-8-19(17)25(3)20(23)14-13-18-22(26)28-21(24-18)15-9-11-16(27-4)12-10-15/h5-14H,1-4H3/b18-13+,20-14-. The lowest BCUT2D eigenvalue weighted by Crippen LogP contribution is -2.22. The molecule has 0 N–H and O–H groups in total. The highest BCUT2D eigenvalue weighted by Gasteiger charge is 2.38. The van der Waals surface area contributed by atoms with Crippen LogP contribution in [0, 0.1) is 0 Å². The van der Waals surface area contributed by atoms with Crippen LogP contribution in [0.2, 0.25) is 0 Å². The molecule has 0 spiro atoms. The molecular weight excluding hydrogens is 352 g/mol. The number of methoxy groups -OCH3 is 1. The summed E-state index contributed by atoms with van der Waals surface area (Å²) in [5.74, 6) is 0.596. The van der Waals surface area contributed by atoms with E-state index in [1.54, 1.807) is 13.2 Å². The second kappa shape index (κ2) is 6.68. The molecule has 2 aromatic rings. The second-order valence-corrected chi connectivity index (χ2v) is 7.34. The van der Waals surface area contributed by atoms with E-state index in [1.165, 1.54) is 11.3 Å². The Morgan fingerprint density at radius 2 is 1.79 bits per heavy atom. The molecule has 4 rings (SSSR count). The van der Waals surface area contributed by atoms with Crippen LogP contribution >= 0.6 is 0 Å². The minimum Gasteiger partial charge on any atom is -0.497 e. The first-order valence-electron chi connectivity index (χ1n) is 9.13. The van der Waals surface area contributed by atoms with E-state index in [4.69, 9.17) is 9.47 Å². The van der Waals surface area contributed by atoms with Crippen LogP contribution < -0.4 is 9.64 Å². The fourth-order valence-corrected chi connectivity index (χ4v) is 3.74. The van der Waals surface area contributed by atoms with Crippen molar-refractivity contribution < 1.29 is 14.3 Å². The van der Waals surface area contributed by atoms with E-state index < -0.39 is 5.97 Å². The number of nitrogens with zero attached hydrogens (tertiary/aromatic N) is 2. The topological polar surface area (TPSA) is 51.1 Å². The Bertz CT molecular complexity index is 1030. The number of para-hydroxylation sites is 1. The van der Waals surface area contributed by atoms with Crippen LogP contribution in [-0.4, -0.2) is 26.0 Å². The van der Waals surface area contributed by atoms with Crippen molar-refractivity contribution in [3.63, 3.8) is 0 Å². The average molecular weight is 374 g/mol. The molecular formula is C23H22N2O3. The van der Waals surface area contributed by atoms with Gasteiger partial charge in [-0.1, -0.05) is 32.0 Å². The number of anilines is 1. The van der Waals surface area contributed by atoms with Gasteiger partial charge in [0.1, 0.15) is 5.75 Å². The van der Waals surface area contributed by atoms with E-state index in [0.29, 0.717) is 11.6 Å². The van der Waals surface area contributed by atoms with Crippen molar-refractivity contribution >= 4 is 17.6 Å². The Hall–Kier alpha value is -3.34. The van der Waals surface area contributed by atoms with E-state index in [-0.39, 0.29) is 5.41 Å². The molecule has 5 nitrogen and oxygen atoms in total. The van der Waals surface area contributed by atoms with E-state index in [0.717, 1.165) is 17.0 Å². The lowest BCUT2D eigenvalue weighted by Gasteiger charge is -2.23. The molecule has 2 heterocycles. The maximum atomic E-state index is 12.3. The minimum absolute atomic E-state index is 0.159. The monoisotopic (exact) mass is 374 g/mol. The molecule has 0 atom stereocenters. The Labute approximate surface area is 164 Å². The van der Waals surface area contributed by atoms with Gasteiger partial charge in [-0.05, 0) is 48.0 Å². The van der Waals surface area contributed by atoms with Crippen LogP contribution in [-0.2, 0) is 14.9 Å². The van der Waals surface area contributed by atoms with Gasteiger partial charge in [-0.2, -0.15) is 0 Å². The van der Waals surface area contributed by atoms with Crippen molar-refractivity contribution in [3.05, 3.63) is 83.2 Å². The van der Waals surface area contributed by atoms with Gasteiger partial charge in [0.25, 0.3) is 0 Å². The van der Waals surface area contributed by atoms with Gasteiger partial charge in [-0.25, -0.2) is 9.79 Å². The van der Waals surface area contributed by atoms with Gasteiger partial charge >= 0.3 is 5.97 Å². The summed E-state index contributed by atoms with van der Waals surface area (Å²) in [6, 6.07) is 15.6. The molecule has 5 heteroatoms. The first kappa shape index (κ1) is 18.0. The second-order valence-electron chi connectivity index (χ2n) is 7.34. The number of fused-ring (bicyclic) bond motifs is 1. The predicted molar refractivity (Wildman–Crippen MR) is 110 cm³/mol. The summed E-state index contributed by atoms with van der Waals surface area (Å²) >= 11 is 0. The fraction of sp³-hybridized carbons (Fsp3) is 0.217.